The summed E-state index contributed by atoms with van der Waals surface area (Å²) in [6.45, 7) is 4.33. The number of hydrogen-bond donors (Lipinski definition) is 1. The number of piperidine rings is 1. The monoisotopic (exact) mass is 309 g/mol. The average molecular weight is 310 g/mol. The Kier molecular flexibility index (Phi) is 4.57. The Morgan fingerprint density at radius 3 is 2.52 bits per heavy atom. The van der Waals surface area contributed by atoms with Crippen LogP contribution in [0.15, 0.2) is 24.3 Å². The summed E-state index contributed by atoms with van der Waals surface area (Å²) < 4.78 is 0. The highest BCUT2D eigenvalue weighted by Crippen LogP contribution is 2.35. The number of carbonyl (C=O) groups excluding carboxylic acids is 1. The van der Waals surface area contributed by atoms with Crippen molar-refractivity contribution in [1.29, 1.82) is 0 Å². The highest BCUT2D eigenvalue weighted by molar-refractivity contribution is 6.30. The molecule has 1 amide bonds. The van der Waals surface area contributed by atoms with Gasteiger partial charge >= 0.3 is 5.97 Å². The summed E-state index contributed by atoms with van der Waals surface area (Å²) >= 11 is 5.83. The maximum atomic E-state index is 12.5. The number of aliphatic carboxylic acids is 1. The number of likely N-dealkylation sites (tertiary alicyclic amines) is 1. The summed E-state index contributed by atoms with van der Waals surface area (Å²) in [6, 6.07) is 6.31. The van der Waals surface area contributed by atoms with Crippen molar-refractivity contribution in [3.05, 3.63) is 34.9 Å². The van der Waals surface area contributed by atoms with Crippen molar-refractivity contribution in [2.45, 2.75) is 39.2 Å². The van der Waals surface area contributed by atoms with E-state index in [-0.39, 0.29) is 12.3 Å². The SMILES string of the molecule is CC1(C)CCCN(C(=O)Cc2ccc(Cl)cc2)C1C(=O)O. The molecule has 0 aliphatic carbocycles. The molecule has 1 fully saturated rings. The number of halogens is 1. The van der Waals surface area contributed by atoms with Gasteiger partial charge in [-0.1, -0.05) is 37.6 Å². The van der Waals surface area contributed by atoms with Crippen molar-refractivity contribution in [3.8, 4) is 0 Å². The Morgan fingerprint density at radius 1 is 1.33 bits per heavy atom. The molecule has 1 aliphatic rings. The van der Waals surface area contributed by atoms with Crippen LogP contribution in [0, 0.1) is 5.41 Å². The molecular formula is C16H20ClNO3. The van der Waals surface area contributed by atoms with E-state index in [1.807, 2.05) is 13.8 Å². The third-order valence-electron chi connectivity index (χ3n) is 4.09. The van der Waals surface area contributed by atoms with Crippen LogP contribution in [0.25, 0.3) is 0 Å². The fourth-order valence-electron chi connectivity index (χ4n) is 3.01. The van der Waals surface area contributed by atoms with Gasteiger partial charge in [0.25, 0.3) is 0 Å². The second-order valence-electron chi connectivity index (χ2n) is 6.22. The number of carbonyl (C=O) groups is 2. The minimum absolute atomic E-state index is 0.141. The summed E-state index contributed by atoms with van der Waals surface area (Å²) in [6.07, 6.45) is 1.86. The van der Waals surface area contributed by atoms with E-state index in [9.17, 15) is 14.7 Å². The maximum absolute atomic E-state index is 12.5. The van der Waals surface area contributed by atoms with Gasteiger partial charge in [0, 0.05) is 11.6 Å². The summed E-state index contributed by atoms with van der Waals surface area (Å²) in [4.78, 5) is 25.6. The molecule has 1 atom stereocenters. The number of rotatable bonds is 3. The standard InChI is InChI=1S/C16H20ClNO3/c1-16(2)8-3-9-18(14(16)15(20)21)13(19)10-11-4-6-12(17)7-5-11/h4-7,14H,3,8-10H2,1-2H3,(H,20,21). The number of nitrogens with zero attached hydrogens (tertiary/aromatic N) is 1. The zero-order chi connectivity index (χ0) is 15.6. The molecule has 1 aliphatic heterocycles. The van der Waals surface area contributed by atoms with Crippen LogP contribution in [0.1, 0.15) is 32.3 Å². The highest BCUT2D eigenvalue weighted by atomic mass is 35.5. The van der Waals surface area contributed by atoms with E-state index in [1.165, 1.54) is 4.90 Å². The van der Waals surface area contributed by atoms with Crippen molar-refractivity contribution in [2.75, 3.05) is 6.54 Å². The molecule has 2 rings (SSSR count). The molecule has 0 aromatic heterocycles. The van der Waals surface area contributed by atoms with Crippen molar-refractivity contribution < 1.29 is 14.7 Å². The largest absolute Gasteiger partial charge is 0.480 e. The summed E-state index contributed by atoms with van der Waals surface area (Å²) in [5, 5.41) is 10.1. The van der Waals surface area contributed by atoms with Crippen molar-refractivity contribution in [2.24, 2.45) is 5.41 Å². The number of amides is 1. The first-order valence-electron chi connectivity index (χ1n) is 7.08. The van der Waals surface area contributed by atoms with Crippen LogP contribution in [0.3, 0.4) is 0 Å². The topological polar surface area (TPSA) is 57.6 Å². The van der Waals surface area contributed by atoms with Gasteiger partial charge in [0.1, 0.15) is 6.04 Å². The zero-order valence-corrected chi connectivity index (χ0v) is 13.1. The van der Waals surface area contributed by atoms with E-state index in [0.717, 1.165) is 18.4 Å². The molecule has 1 heterocycles. The van der Waals surface area contributed by atoms with Gasteiger partial charge in [-0.25, -0.2) is 4.79 Å². The first-order chi connectivity index (χ1) is 9.81. The predicted molar refractivity (Wildman–Crippen MR) is 81.3 cm³/mol. The molecular weight excluding hydrogens is 290 g/mol. The Balaban J connectivity index is 2.16. The minimum atomic E-state index is -0.927. The average Bonchev–Trinajstić information content (AvgIpc) is 2.39. The summed E-state index contributed by atoms with van der Waals surface area (Å²) in [5.41, 5.74) is 0.441. The van der Waals surface area contributed by atoms with Gasteiger partial charge in [-0.3, -0.25) is 4.79 Å². The number of benzene rings is 1. The normalized spacial score (nSPS) is 21.1. The number of carboxylic acids is 1. The number of hydrogen-bond acceptors (Lipinski definition) is 2. The van der Waals surface area contributed by atoms with Gasteiger partial charge in [-0.2, -0.15) is 0 Å². The minimum Gasteiger partial charge on any atom is -0.480 e. The summed E-state index contributed by atoms with van der Waals surface area (Å²) in [7, 11) is 0. The molecule has 0 spiro atoms. The highest BCUT2D eigenvalue weighted by Gasteiger charge is 2.44. The Morgan fingerprint density at radius 2 is 1.95 bits per heavy atom. The molecule has 4 nitrogen and oxygen atoms in total. The Labute approximate surface area is 129 Å². The molecule has 114 valence electrons. The molecule has 0 radical (unpaired) electrons. The zero-order valence-electron chi connectivity index (χ0n) is 12.3. The van der Waals surface area contributed by atoms with E-state index in [0.29, 0.717) is 11.6 Å². The molecule has 21 heavy (non-hydrogen) atoms. The lowest BCUT2D eigenvalue weighted by molar-refractivity contribution is -0.158. The van der Waals surface area contributed by atoms with Crippen LogP contribution < -0.4 is 0 Å². The van der Waals surface area contributed by atoms with Gasteiger partial charge in [-0.15, -0.1) is 0 Å². The molecule has 1 N–H and O–H groups in total. The number of carboxylic acid groups (broad SMARTS) is 1. The van der Waals surface area contributed by atoms with Gasteiger partial charge in [-0.05, 0) is 36.0 Å². The van der Waals surface area contributed by atoms with Crippen LogP contribution in [-0.2, 0) is 16.0 Å². The predicted octanol–water partition coefficient (Wildman–Crippen LogP) is 2.98. The van der Waals surface area contributed by atoms with E-state index >= 15 is 0 Å². The first kappa shape index (κ1) is 15.8. The summed E-state index contributed by atoms with van der Waals surface area (Å²) in [5.74, 6) is -1.07. The van der Waals surface area contributed by atoms with Crippen molar-refractivity contribution >= 4 is 23.5 Å². The maximum Gasteiger partial charge on any atom is 0.326 e. The van der Waals surface area contributed by atoms with Gasteiger partial charge in [0.15, 0.2) is 0 Å². The third-order valence-corrected chi connectivity index (χ3v) is 4.35. The van der Waals surface area contributed by atoms with Gasteiger partial charge in [0.2, 0.25) is 5.91 Å². The fourth-order valence-corrected chi connectivity index (χ4v) is 3.13. The molecule has 1 aromatic carbocycles. The van der Waals surface area contributed by atoms with Crippen LogP contribution in [0.5, 0.6) is 0 Å². The molecule has 1 aromatic rings. The van der Waals surface area contributed by atoms with E-state index in [2.05, 4.69) is 0 Å². The smallest absolute Gasteiger partial charge is 0.326 e. The van der Waals surface area contributed by atoms with E-state index in [1.54, 1.807) is 24.3 Å². The lowest BCUT2D eigenvalue weighted by Crippen LogP contribution is -2.56. The molecule has 1 saturated heterocycles. The lowest BCUT2D eigenvalue weighted by Gasteiger charge is -2.44. The van der Waals surface area contributed by atoms with Crippen LogP contribution in [-0.4, -0.2) is 34.5 Å². The van der Waals surface area contributed by atoms with Crippen molar-refractivity contribution in [1.82, 2.24) is 4.90 Å². The first-order valence-corrected chi connectivity index (χ1v) is 7.46. The molecule has 0 saturated carbocycles. The van der Waals surface area contributed by atoms with Gasteiger partial charge in [0.05, 0.1) is 6.42 Å². The second kappa shape index (κ2) is 6.06. The van der Waals surface area contributed by atoms with Gasteiger partial charge < -0.3 is 10.0 Å². The van der Waals surface area contributed by atoms with Crippen LogP contribution in [0.4, 0.5) is 0 Å². The Hall–Kier alpha value is -1.55. The Bertz CT molecular complexity index is 539. The second-order valence-corrected chi connectivity index (χ2v) is 6.66. The lowest BCUT2D eigenvalue weighted by atomic mass is 9.76. The molecule has 0 bridgehead atoms. The third kappa shape index (κ3) is 3.56. The van der Waals surface area contributed by atoms with Crippen LogP contribution in [0.2, 0.25) is 5.02 Å². The van der Waals surface area contributed by atoms with E-state index in [4.69, 9.17) is 11.6 Å². The van der Waals surface area contributed by atoms with E-state index < -0.39 is 17.4 Å². The molecule has 1 unspecified atom stereocenters. The molecule has 5 heteroatoms. The van der Waals surface area contributed by atoms with Crippen molar-refractivity contribution in [3.63, 3.8) is 0 Å². The fraction of sp³-hybridized carbons (Fsp3) is 0.500. The van der Waals surface area contributed by atoms with Crippen LogP contribution >= 0.6 is 11.6 Å². The quantitative estimate of drug-likeness (QED) is 0.934.